The lowest BCUT2D eigenvalue weighted by atomic mass is 10.1. The number of nitrogens with zero attached hydrogens (tertiary/aromatic N) is 1. The third kappa shape index (κ3) is 4.89. The summed E-state index contributed by atoms with van der Waals surface area (Å²) in [5.41, 5.74) is 2.79. The molecule has 26 heavy (non-hydrogen) atoms. The van der Waals surface area contributed by atoms with Crippen molar-refractivity contribution in [2.45, 2.75) is 12.9 Å². The Morgan fingerprint density at radius 3 is 2.54 bits per heavy atom. The molecule has 3 rings (SSSR count). The van der Waals surface area contributed by atoms with Crippen LogP contribution in [0.15, 0.2) is 67.0 Å². The first-order valence-electron chi connectivity index (χ1n) is 7.72. The van der Waals surface area contributed by atoms with Crippen LogP contribution in [0.1, 0.15) is 5.56 Å². The van der Waals surface area contributed by atoms with Crippen LogP contribution in [0, 0.1) is 0 Å². The van der Waals surface area contributed by atoms with Gasteiger partial charge in [-0.3, -0.25) is 4.98 Å². The van der Waals surface area contributed by atoms with E-state index in [0.29, 0.717) is 23.4 Å². The van der Waals surface area contributed by atoms with Crippen molar-refractivity contribution in [3.8, 4) is 22.6 Å². The first-order chi connectivity index (χ1) is 12.4. The molecule has 4 nitrogen and oxygen atoms in total. The van der Waals surface area contributed by atoms with Crippen molar-refractivity contribution >= 4 is 5.69 Å². The van der Waals surface area contributed by atoms with Gasteiger partial charge in [0.25, 0.3) is 0 Å². The number of aromatic hydroxyl groups is 1. The molecule has 0 spiro atoms. The minimum absolute atomic E-state index is 0.178. The van der Waals surface area contributed by atoms with Crippen molar-refractivity contribution in [1.82, 2.24) is 4.98 Å². The molecule has 1 aromatic heterocycles. The monoisotopic (exact) mass is 360 g/mol. The quantitative estimate of drug-likeness (QED) is 0.675. The largest absolute Gasteiger partial charge is 0.573 e. The minimum Gasteiger partial charge on any atom is -0.508 e. The van der Waals surface area contributed by atoms with Crippen LogP contribution in [-0.4, -0.2) is 16.5 Å². The topological polar surface area (TPSA) is 54.4 Å². The Morgan fingerprint density at radius 1 is 0.962 bits per heavy atom. The van der Waals surface area contributed by atoms with Crippen LogP contribution in [0.4, 0.5) is 18.9 Å². The third-order valence-electron chi connectivity index (χ3n) is 3.55. The number of ether oxygens (including phenoxy) is 1. The number of halogens is 3. The molecule has 0 saturated carbocycles. The van der Waals surface area contributed by atoms with Crippen LogP contribution in [0.25, 0.3) is 11.1 Å². The third-order valence-corrected chi connectivity index (χ3v) is 3.55. The smallest absolute Gasteiger partial charge is 0.508 e. The molecule has 0 aliphatic heterocycles. The molecule has 0 aliphatic rings. The van der Waals surface area contributed by atoms with Gasteiger partial charge in [-0.25, -0.2) is 0 Å². The second kappa shape index (κ2) is 7.35. The van der Waals surface area contributed by atoms with Gasteiger partial charge in [0.2, 0.25) is 0 Å². The number of hydrogen-bond acceptors (Lipinski definition) is 4. The molecular weight excluding hydrogens is 345 g/mol. The number of benzene rings is 2. The van der Waals surface area contributed by atoms with Crippen molar-refractivity contribution in [1.29, 1.82) is 0 Å². The van der Waals surface area contributed by atoms with Gasteiger partial charge >= 0.3 is 6.36 Å². The maximum absolute atomic E-state index is 12.4. The molecule has 1 heterocycles. The van der Waals surface area contributed by atoms with E-state index < -0.39 is 6.36 Å². The van der Waals surface area contributed by atoms with Gasteiger partial charge in [-0.2, -0.15) is 0 Å². The van der Waals surface area contributed by atoms with Crippen molar-refractivity contribution < 1.29 is 23.0 Å². The molecule has 0 aliphatic carbocycles. The van der Waals surface area contributed by atoms with Crippen molar-refractivity contribution in [2.24, 2.45) is 0 Å². The van der Waals surface area contributed by atoms with Crippen LogP contribution in [0.2, 0.25) is 0 Å². The standard InChI is InChI=1S/C19H15F3N2O2/c20-19(21,22)26-18-6-2-4-14(9-18)15-8-16(12-23-11-15)24-10-13-3-1-5-17(25)7-13/h1-9,11-12,24-25H,10H2. The van der Waals surface area contributed by atoms with Gasteiger partial charge in [0.05, 0.1) is 5.69 Å². The van der Waals surface area contributed by atoms with E-state index in [0.717, 1.165) is 5.56 Å². The van der Waals surface area contributed by atoms with Gasteiger partial charge in [-0.15, -0.1) is 13.2 Å². The lowest BCUT2D eigenvalue weighted by Gasteiger charge is -2.11. The molecule has 134 valence electrons. The van der Waals surface area contributed by atoms with E-state index in [1.807, 2.05) is 6.07 Å². The SMILES string of the molecule is Oc1cccc(CNc2cncc(-c3cccc(OC(F)(F)F)c3)c2)c1. The Morgan fingerprint density at radius 2 is 1.77 bits per heavy atom. The second-order valence-electron chi connectivity index (χ2n) is 5.56. The molecule has 0 unspecified atom stereocenters. The number of alkyl halides is 3. The number of phenolic OH excluding ortho intramolecular Hbond substituents is 1. The highest BCUT2D eigenvalue weighted by Crippen LogP contribution is 2.28. The first kappa shape index (κ1) is 17.6. The van der Waals surface area contributed by atoms with E-state index in [-0.39, 0.29) is 11.5 Å². The number of hydrogen-bond donors (Lipinski definition) is 2. The van der Waals surface area contributed by atoms with Gasteiger partial charge in [0.15, 0.2) is 0 Å². The summed E-state index contributed by atoms with van der Waals surface area (Å²) in [6, 6.07) is 14.3. The Kier molecular flexibility index (Phi) is 4.97. The number of pyridine rings is 1. The second-order valence-corrected chi connectivity index (χ2v) is 5.56. The minimum atomic E-state index is -4.73. The number of phenols is 1. The molecule has 3 aromatic rings. The summed E-state index contributed by atoms with van der Waals surface area (Å²) >= 11 is 0. The number of nitrogens with one attached hydrogen (secondary N) is 1. The van der Waals surface area contributed by atoms with E-state index in [4.69, 9.17) is 0 Å². The summed E-state index contributed by atoms with van der Waals surface area (Å²) in [6.07, 6.45) is -1.56. The summed E-state index contributed by atoms with van der Waals surface area (Å²) in [4.78, 5) is 4.12. The molecule has 2 N–H and O–H groups in total. The van der Waals surface area contributed by atoms with Crippen molar-refractivity contribution in [2.75, 3.05) is 5.32 Å². The lowest BCUT2D eigenvalue weighted by Crippen LogP contribution is -2.17. The first-order valence-corrected chi connectivity index (χ1v) is 7.72. The van der Waals surface area contributed by atoms with Gasteiger partial charge in [-0.05, 0) is 41.5 Å². The Balaban J connectivity index is 1.76. The maximum atomic E-state index is 12.4. The van der Waals surface area contributed by atoms with Gasteiger partial charge < -0.3 is 15.2 Å². The van der Waals surface area contributed by atoms with E-state index in [2.05, 4.69) is 15.0 Å². The zero-order valence-corrected chi connectivity index (χ0v) is 13.5. The maximum Gasteiger partial charge on any atom is 0.573 e. The number of aromatic nitrogens is 1. The summed E-state index contributed by atoms with van der Waals surface area (Å²) in [7, 11) is 0. The van der Waals surface area contributed by atoms with Crippen LogP contribution in [-0.2, 0) is 6.54 Å². The van der Waals surface area contributed by atoms with Crippen LogP contribution < -0.4 is 10.1 Å². The highest BCUT2D eigenvalue weighted by atomic mass is 19.4. The predicted molar refractivity (Wildman–Crippen MR) is 91.8 cm³/mol. The fraction of sp³-hybridized carbons (Fsp3) is 0.105. The molecule has 0 saturated heterocycles. The summed E-state index contributed by atoms with van der Waals surface area (Å²) < 4.78 is 41.1. The van der Waals surface area contributed by atoms with Gasteiger partial charge in [0.1, 0.15) is 11.5 Å². The van der Waals surface area contributed by atoms with E-state index in [1.54, 1.807) is 42.7 Å². The van der Waals surface area contributed by atoms with Crippen LogP contribution in [0.5, 0.6) is 11.5 Å². The van der Waals surface area contributed by atoms with E-state index in [9.17, 15) is 18.3 Å². The van der Waals surface area contributed by atoms with Crippen molar-refractivity contribution in [3.63, 3.8) is 0 Å². The van der Waals surface area contributed by atoms with Crippen LogP contribution in [0.3, 0.4) is 0 Å². The molecule has 0 fully saturated rings. The zero-order chi connectivity index (χ0) is 18.6. The molecule has 7 heteroatoms. The highest BCUT2D eigenvalue weighted by molar-refractivity contribution is 5.68. The molecule has 0 radical (unpaired) electrons. The van der Waals surface area contributed by atoms with E-state index in [1.165, 1.54) is 18.2 Å². The zero-order valence-electron chi connectivity index (χ0n) is 13.5. The molecule has 0 amide bonds. The molecule has 0 atom stereocenters. The van der Waals surface area contributed by atoms with Crippen molar-refractivity contribution in [3.05, 3.63) is 72.6 Å². The van der Waals surface area contributed by atoms with E-state index >= 15 is 0 Å². The fourth-order valence-corrected chi connectivity index (χ4v) is 2.44. The Labute approximate surface area is 147 Å². The number of anilines is 1. The van der Waals surface area contributed by atoms with Gasteiger partial charge in [-0.1, -0.05) is 24.3 Å². The summed E-state index contributed by atoms with van der Waals surface area (Å²) in [5.74, 6) is -0.106. The lowest BCUT2D eigenvalue weighted by molar-refractivity contribution is -0.274. The molecular formula is C19H15F3N2O2. The summed E-state index contributed by atoms with van der Waals surface area (Å²) in [5, 5.41) is 12.6. The molecule has 0 bridgehead atoms. The Hall–Kier alpha value is -3.22. The van der Waals surface area contributed by atoms with Crippen LogP contribution >= 0.6 is 0 Å². The molecule has 2 aromatic carbocycles. The summed E-state index contributed by atoms with van der Waals surface area (Å²) in [6.45, 7) is 0.469. The predicted octanol–water partition coefficient (Wildman–Crippen LogP) is 4.96. The van der Waals surface area contributed by atoms with Gasteiger partial charge in [0, 0.05) is 24.5 Å². The Bertz CT molecular complexity index is 898. The normalized spacial score (nSPS) is 11.2. The highest BCUT2D eigenvalue weighted by Gasteiger charge is 2.31. The average molecular weight is 360 g/mol. The fourth-order valence-electron chi connectivity index (χ4n) is 2.44. The number of rotatable bonds is 5. The average Bonchev–Trinajstić information content (AvgIpc) is 2.59.